The van der Waals surface area contributed by atoms with E-state index < -0.39 is 22.0 Å². The Morgan fingerprint density at radius 2 is 1.68 bits per heavy atom. The molecule has 0 aliphatic rings. The van der Waals surface area contributed by atoms with Crippen LogP contribution in [0, 0.1) is 5.92 Å². The van der Waals surface area contributed by atoms with Crippen molar-refractivity contribution >= 4 is 9.84 Å². The minimum Gasteiger partial charge on any atom is -0.391 e. The van der Waals surface area contributed by atoms with E-state index in [0.29, 0.717) is 12.3 Å². The van der Waals surface area contributed by atoms with Crippen molar-refractivity contribution in [3.05, 3.63) is 29.8 Å². The standard InChI is InChI=1S/C14H23NO3S/c1-10(2)4-9-13(16)14(15)11-5-7-12(8-6-11)19(3,17)18/h5-8,10,13-14,16H,4,9,15H2,1-3H3/t13-,14+/m1/s1. The summed E-state index contributed by atoms with van der Waals surface area (Å²) in [6.45, 7) is 4.19. The van der Waals surface area contributed by atoms with Crippen molar-refractivity contribution < 1.29 is 13.5 Å². The molecule has 4 nitrogen and oxygen atoms in total. The van der Waals surface area contributed by atoms with Crippen LogP contribution in [0.3, 0.4) is 0 Å². The van der Waals surface area contributed by atoms with Crippen molar-refractivity contribution in [3.8, 4) is 0 Å². The first-order valence-corrected chi connectivity index (χ1v) is 8.34. The Labute approximate surface area is 115 Å². The third kappa shape index (κ3) is 4.93. The van der Waals surface area contributed by atoms with Gasteiger partial charge in [0.1, 0.15) is 0 Å². The molecule has 1 rings (SSSR count). The molecule has 0 heterocycles. The van der Waals surface area contributed by atoms with Gasteiger partial charge in [0.05, 0.1) is 17.0 Å². The van der Waals surface area contributed by atoms with Gasteiger partial charge in [-0.05, 0) is 36.5 Å². The lowest BCUT2D eigenvalue weighted by Gasteiger charge is -2.20. The minimum atomic E-state index is -3.19. The number of hydrogen-bond donors (Lipinski definition) is 2. The van der Waals surface area contributed by atoms with Crippen molar-refractivity contribution in [1.82, 2.24) is 0 Å². The number of sulfone groups is 1. The van der Waals surface area contributed by atoms with Crippen LogP contribution in [0.5, 0.6) is 0 Å². The number of rotatable bonds is 6. The van der Waals surface area contributed by atoms with E-state index in [1.807, 2.05) is 0 Å². The van der Waals surface area contributed by atoms with Gasteiger partial charge in [0.2, 0.25) is 0 Å². The van der Waals surface area contributed by atoms with Gasteiger partial charge in [0.25, 0.3) is 0 Å². The summed E-state index contributed by atoms with van der Waals surface area (Å²) in [4.78, 5) is 0.264. The third-order valence-corrected chi connectivity index (χ3v) is 4.28. The number of aliphatic hydroxyl groups excluding tert-OH is 1. The van der Waals surface area contributed by atoms with Crippen LogP contribution in [-0.2, 0) is 9.84 Å². The van der Waals surface area contributed by atoms with Gasteiger partial charge in [-0.15, -0.1) is 0 Å². The summed E-state index contributed by atoms with van der Waals surface area (Å²) in [5, 5.41) is 10.0. The van der Waals surface area contributed by atoms with Crippen LogP contribution in [0.4, 0.5) is 0 Å². The molecule has 0 radical (unpaired) electrons. The molecule has 5 heteroatoms. The topological polar surface area (TPSA) is 80.4 Å². The molecule has 0 saturated carbocycles. The van der Waals surface area contributed by atoms with Crippen molar-refractivity contribution in [1.29, 1.82) is 0 Å². The maximum absolute atomic E-state index is 11.3. The van der Waals surface area contributed by atoms with Crippen LogP contribution in [-0.4, -0.2) is 25.9 Å². The zero-order valence-electron chi connectivity index (χ0n) is 11.7. The molecular formula is C14H23NO3S. The molecular weight excluding hydrogens is 262 g/mol. The van der Waals surface area contributed by atoms with Crippen LogP contribution < -0.4 is 5.73 Å². The SMILES string of the molecule is CC(C)CC[C@@H](O)[C@@H](N)c1ccc(S(C)(=O)=O)cc1. The van der Waals surface area contributed by atoms with Crippen molar-refractivity contribution in [2.24, 2.45) is 11.7 Å². The molecule has 0 fully saturated rings. The average molecular weight is 285 g/mol. The summed E-state index contributed by atoms with van der Waals surface area (Å²) < 4.78 is 22.7. The maximum Gasteiger partial charge on any atom is 0.175 e. The van der Waals surface area contributed by atoms with Gasteiger partial charge in [-0.25, -0.2) is 8.42 Å². The molecule has 1 aromatic rings. The molecule has 0 aromatic heterocycles. The normalized spacial score (nSPS) is 15.5. The van der Waals surface area contributed by atoms with Gasteiger partial charge in [0, 0.05) is 6.26 Å². The van der Waals surface area contributed by atoms with E-state index in [1.165, 1.54) is 18.4 Å². The van der Waals surface area contributed by atoms with Gasteiger partial charge in [-0.2, -0.15) is 0 Å². The molecule has 2 atom stereocenters. The predicted molar refractivity (Wildman–Crippen MR) is 76.6 cm³/mol. The molecule has 0 amide bonds. The van der Waals surface area contributed by atoms with Crippen LogP contribution in [0.2, 0.25) is 0 Å². The maximum atomic E-state index is 11.3. The van der Waals surface area contributed by atoms with Gasteiger partial charge >= 0.3 is 0 Å². The second kappa shape index (κ2) is 6.50. The third-order valence-electron chi connectivity index (χ3n) is 3.15. The highest BCUT2D eigenvalue weighted by Gasteiger charge is 2.17. The summed E-state index contributed by atoms with van der Waals surface area (Å²) in [6, 6.07) is 5.91. The average Bonchev–Trinajstić information content (AvgIpc) is 2.34. The fourth-order valence-corrected chi connectivity index (χ4v) is 2.47. The smallest absolute Gasteiger partial charge is 0.175 e. The van der Waals surface area contributed by atoms with Crippen molar-refractivity contribution in [2.45, 2.75) is 43.7 Å². The molecule has 0 bridgehead atoms. The Morgan fingerprint density at radius 3 is 2.11 bits per heavy atom. The lowest BCUT2D eigenvalue weighted by atomic mass is 9.96. The molecule has 0 aliphatic carbocycles. The largest absolute Gasteiger partial charge is 0.391 e. The van der Waals surface area contributed by atoms with Gasteiger partial charge in [-0.3, -0.25) is 0 Å². The monoisotopic (exact) mass is 285 g/mol. The predicted octanol–water partition coefficient (Wildman–Crippen LogP) is 1.89. The Bertz CT molecular complexity index is 494. The first kappa shape index (κ1) is 16.1. The number of benzene rings is 1. The highest BCUT2D eigenvalue weighted by atomic mass is 32.2. The summed E-state index contributed by atoms with van der Waals surface area (Å²) in [5.41, 5.74) is 6.74. The molecule has 0 unspecified atom stereocenters. The lowest BCUT2D eigenvalue weighted by molar-refractivity contribution is 0.128. The Balaban J connectivity index is 2.75. The fourth-order valence-electron chi connectivity index (χ4n) is 1.84. The van der Waals surface area contributed by atoms with Gasteiger partial charge in [-0.1, -0.05) is 26.0 Å². The number of nitrogens with two attached hydrogens (primary N) is 1. The molecule has 3 N–H and O–H groups in total. The van der Waals surface area contributed by atoms with Crippen molar-refractivity contribution in [3.63, 3.8) is 0 Å². The van der Waals surface area contributed by atoms with E-state index in [9.17, 15) is 13.5 Å². The Hall–Kier alpha value is -0.910. The van der Waals surface area contributed by atoms with E-state index in [0.717, 1.165) is 12.0 Å². The van der Waals surface area contributed by atoms with E-state index in [2.05, 4.69) is 13.8 Å². The van der Waals surface area contributed by atoms with E-state index in [-0.39, 0.29) is 4.90 Å². The van der Waals surface area contributed by atoms with Gasteiger partial charge < -0.3 is 10.8 Å². The minimum absolute atomic E-state index is 0.264. The summed E-state index contributed by atoms with van der Waals surface area (Å²) in [6.07, 6.45) is 2.12. The quantitative estimate of drug-likeness (QED) is 0.836. The number of aliphatic hydroxyl groups is 1. The first-order chi connectivity index (χ1) is 8.71. The molecule has 0 saturated heterocycles. The van der Waals surface area contributed by atoms with Crippen LogP contribution >= 0.6 is 0 Å². The first-order valence-electron chi connectivity index (χ1n) is 6.45. The van der Waals surface area contributed by atoms with Crippen molar-refractivity contribution in [2.75, 3.05) is 6.26 Å². The Morgan fingerprint density at radius 1 is 1.16 bits per heavy atom. The second-order valence-electron chi connectivity index (χ2n) is 5.41. The molecule has 108 valence electrons. The lowest BCUT2D eigenvalue weighted by Crippen LogP contribution is -2.26. The summed E-state index contributed by atoms with van der Waals surface area (Å²) in [5.74, 6) is 0.523. The molecule has 0 spiro atoms. The molecule has 1 aromatic carbocycles. The van der Waals surface area contributed by atoms with Gasteiger partial charge in [0.15, 0.2) is 9.84 Å². The van der Waals surface area contributed by atoms with Crippen LogP contribution in [0.1, 0.15) is 38.3 Å². The highest BCUT2D eigenvalue weighted by Crippen LogP contribution is 2.21. The molecule has 19 heavy (non-hydrogen) atoms. The van der Waals surface area contributed by atoms with E-state index in [1.54, 1.807) is 12.1 Å². The highest BCUT2D eigenvalue weighted by molar-refractivity contribution is 7.90. The summed E-state index contributed by atoms with van der Waals surface area (Å²) >= 11 is 0. The van der Waals surface area contributed by atoms with Crippen LogP contribution in [0.15, 0.2) is 29.2 Å². The van der Waals surface area contributed by atoms with Crippen LogP contribution in [0.25, 0.3) is 0 Å². The fraction of sp³-hybridized carbons (Fsp3) is 0.571. The molecule has 0 aliphatic heterocycles. The zero-order chi connectivity index (χ0) is 14.6. The Kier molecular flexibility index (Phi) is 5.52. The second-order valence-corrected chi connectivity index (χ2v) is 7.42. The number of hydrogen-bond acceptors (Lipinski definition) is 4. The summed E-state index contributed by atoms with van der Waals surface area (Å²) in [7, 11) is -3.19. The van der Waals surface area contributed by atoms with E-state index >= 15 is 0 Å². The zero-order valence-corrected chi connectivity index (χ0v) is 12.5. The van der Waals surface area contributed by atoms with E-state index in [4.69, 9.17) is 5.73 Å².